The maximum Gasteiger partial charge on any atom is 0.393 e. The number of hydrogen-bond donors (Lipinski definition) is 1. The molecular formula is C23H16F5N3O3. The van der Waals surface area contributed by atoms with Gasteiger partial charge in [-0.3, -0.25) is 9.59 Å². The van der Waals surface area contributed by atoms with Crippen LogP contribution in [0.25, 0.3) is 0 Å². The lowest BCUT2D eigenvalue weighted by atomic mass is 10.1. The van der Waals surface area contributed by atoms with E-state index in [1.807, 2.05) is 0 Å². The van der Waals surface area contributed by atoms with E-state index in [-0.39, 0.29) is 41.4 Å². The Kier molecular flexibility index (Phi) is 5.94. The molecule has 2 heterocycles. The molecule has 0 radical (unpaired) electrons. The molecule has 2 N–H and O–H groups in total. The zero-order valence-corrected chi connectivity index (χ0v) is 17.3. The molecule has 0 fully saturated rings. The molecular weight excluding hydrogens is 461 g/mol. The maximum atomic E-state index is 14.4. The molecule has 0 atom stereocenters. The molecule has 2 amide bonds. The van der Waals surface area contributed by atoms with E-state index in [9.17, 15) is 31.5 Å². The van der Waals surface area contributed by atoms with Crippen LogP contribution in [0.5, 0.6) is 11.6 Å². The van der Waals surface area contributed by atoms with Crippen LogP contribution in [0.2, 0.25) is 0 Å². The number of ether oxygens (including phenoxy) is 1. The van der Waals surface area contributed by atoms with Crippen molar-refractivity contribution in [1.29, 1.82) is 0 Å². The number of carbonyl (C=O) groups is 2. The Morgan fingerprint density at radius 2 is 1.76 bits per heavy atom. The summed E-state index contributed by atoms with van der Waals surface area (Å²) in [7, 11) is 0. The molecule has 0 aliphatic carbocycles. The molecule has 6 nitrogen and oxygen atoms in total. The van der Waals surface area contributed by atoms with Gasteiger partial charge in [0.25, 0.3) is 11.8 Å². The maximum absolute atomic E-state index is 14.4. The number of pyridine rings is 1. The van der Waals surface area contributed by atoms with E-state index in [0.29, 0.717) is 17.2 Å². The number of fused-ring (bicyclic) bond motifs is 1. The molecule has 0 bridgehead atoms. The summed E-state index contributed by atoms with van der Waals surface area (Å²) in [6.07, 6.45) is -4.44. The molecule has 4 rings (SSSR count). The van der Waals surface area contributed by atoms with Gasteiger partial charge in [0.1, 0.15) is 11.4 Å². The number of hydrogen-bond acceptors (Lipinski definition) is 4. The molecule has 2 aromatic carbocycles. The van der Waals surface area contributed by atoms with E-state index in [4.69, 9.17) is 10.5 Å². The van der Waals surface area contributed by atoms with Gasteiger partial charge in [0.05, 0.1) is 12.0 Å². The van der Waals surface area contributed by atoms with Crippen molar-refractivity contribution in [2.45, 2.75) is 25.7 Å². The monoisotopic (exact) mass is 477 g/mol. The third kappa shape index (κ3) is 4.82. The summed E-state index contributed by atoms with van der Waals surface area (Å²) in [5.74, 6) is -3.87. The van der Waals surface area contributed by atoms with Crippen LogP contribution in [-0.4, -0.2) is 27.9 Å². The number of aromatic nitrogens is 1. The van der Waals surface area contributed by atoms with Gasteiger partial charge in [-0.2, -0.15) is 13.2 Å². The Morgan fingerprint density at radius 1 is 1.06 bits per heavy atom. The number of nitrogens with two attached hydrogens (primary N) is 1. The minimum absolute atomic E-state index is 0.00339. The van der Waals surface area contributed by atoms with Gasteiger partial charge in [-0.25, -0.2) is 13.8 Å². The summed E-state index contributed by atoms with van der Waals surface area (Å²) >= 11 is 0. The van der Waals surface area contributed by atoms with E-state index >= 15 is 0 Å². The number of rotatable bonds is 6. The largest absolute Gasteiger partial charge is 0.435 e. The second kappa shape index (κ2) is 8.73. The van der Waals surface area contributed by atoms with Crippen LogP contribution in [0.4, 0.5) is 22.0 Å². The molecule has 0 spiro atoms. The van der Waals surface area contributed by atoms with Crippen molar-refractivity contribution in [3.8, 4) is 11.6 Å². The highest BCUT2D eigenvalue weighted by Crippen LogP contribution is 2.34. The fraction of sp³-hybridized carbons (Fsp3) is 0.174. The highest BCUT2D eigenvalue weighted by molar-refractivity contribution is 6.00. The SMILES string of the molecule is NC(=O)c1ccc(CN2Cc3ccnc(Oc4ccc(CC(F)(F)F)cc4F)c3C2=O)cc1F. The number of nitrogens with zero attached hydrogens (tertiary/aromatic N) is 2. The lowest BCUT2D eigenvalue weighted by Gasteiger charge is -2.16. The van der Waals surface area contributed by atoms with Crippen molar-refractivity contribution < 1.29 is 36.3 Å². The molecule has 1 aliphatic heterocycles. The van der Waals surface area contributed by atoms with Gasteiger partial charge in [0.15, 0.2) is 11.6 Å². The van der Waals surface area contributed by atoms with Gasteiger partial charge < -0.3 is 15.4 Å². The van der Waals surface area contributed by atoms with Crippen LogP contribution in [0.15, 0.2) is 48.7 Å². The first-order valence-electron chi connectivity index (χ1n) is 9.90. The molecule has 11 heteroatoms. The topological polar surface area (TPSA) is 85.5 Å². The van der Waals surface area contributed by atoms with Gasteiger partial charge in [-0.15, -0.1) is 0 Å². The molecule has 0 unspecified atom stereocenters. The summed E-state index contributed by atoms with van der Waals surface area (Å²) in [6.45, 7) is 0.142. The molecule has 0 saturated carbocycles. The normalized spacial score (nSPS) is 13.2. The third-order valence-corrected chi connectivity index (χ3v) is 5.14. The van der Waals surface area contributed by atoms with Crippen molar-refractivity contribution in [2.24, 2.45) is 5.73 Å². The van der Waals surface area contributed by atoms with Crippen molar-refractivity contribution >= 4 is 11.8 Å². The van der Waals surface area contributed by atoms with Gasteiger partial charge in [-0.05, 0) is 47.0 Å². The second-order valence-electron chi connectivity index (χ2n) is 7.65. The summed E-state index contributed by atoms with van der Waals surface area (Å²) < 4.78 is 71.5. The summed E-state index contributed by atoms with van der Waals surface area (Å²) in [5, 5.41) is 0. The van der Waals surface area contributed by atoms with Crippen LogP contribution in [0.1, 0.15) is 37.4 Å². The number of amides is 2. The molecule has 176 valence electrons. The Morgan fingerprint density at radius 3 is 2.41 bits per heavy atom. The Labute approximate surface area is 189 Å². The van der Waals surface area contributed by atoms with E-state index in [1.165, 1.54) is 23.2 Å². The smallest absolute Gasteiger partial charge is 0.393 e. The van der Waals surface area contributed by atoms with E-state index in [0.717, 1.165) is 18.2 Å². The van der Waals surface area contributed by atoms with Crippen LogP contribution in [0, 0.1) is 11.6 Å². The Balaban J connectivity index is 1.54. The van der Waals surface area contributed by atoms with Crippen LogP contribution in [-0.2, 0) is 19.5 Å². The van der Waals surface area contributed by atoms with E-state index in [2.05, 4.69) is 4.98 Å². The lowest BCUT2D eigenvalue weighted by Crippen LogP contribution is -2.24. The van der Waals surface area contributed by atoms with Crippen LogP contribution in [0.3, 0.4) is 0 Å². The van der Waals surface area contributed by atoms with Crippen molar-refractivity contribution in [2.75, 3.05) is 0 Å². The van der Waals surface area contributed by atoms with E-state index < -0.39 is 36.0 Å². The van der Waals surface area contributed by atoms with Crippen molar-refractivity contribution in [3.05, 3.63) is 88.1 Å². The number of primary amides is 1. The minimum Gasteiger partial charge on any atom is -0.435 e. The molecule has 34 heavy (non-hydrogen) atoms. The first-order valence-corrected chi connectivity index (χ1v) is 9.90. The average molecular weight is 477 g/mol. The number of carbonyl (C=O) groups excluding carboxylic acids is 2. The fourth-order valence-electron chi connectivity index (χ4n) is 3.63. The molecule has 3 aromatic rings. The molecule has 1 aliphatic rings. The summed E-state index contributed by atoms with van der Waals surface area (Å²) in [6, 6.07) is 8.19. The standard InChI is InChI=1S/C23H16F5N3O3/c24-16-8-13(1-3-15(16)20(29)32)10-31-11-14-5-6-30-21(19(14)22(31)33)34-18-4-2-12(7-17(18)25)9-23(26,27)28/h1-8H,9-11H2,(H2,29,32). The number of halogens is 5. The van der Waals surface area contributed by atoms with Crippen LogP contribution >= 0.6 is 0 Å². The fourth-order valence-corrected chi connectivity index (χ4v) is 3.63. The van der Waals surface area contributed by atoms with Gasteiger partial charge in [-0.1, -0.05) is 12.1 Å². The Bertz CT molecular complexity index is 1290. The van der Waals surface area contributed by atoms with Gasteiger partial charge >= 0.3 is 6.18 Å². The number of alkyl halides is 3. The molecule has 1 aromatic heterocycles. The number of benzene rings is 2. The minimum atomic E-state index is -4.49. The zero-order valence-electron chi connectivity index (χ0n) is 17.3. The quantitative estimate of drug-likeness (QED) is 0.530. The van der Waals surface area contributed by atoms with Crippen LogP contribution < -0.4 is 10.5 Å². The second-order valence-corrected chi connectivity index (χ2v) is 7.65. The first-order chi connectivity index (χ1) is 16.0. The Hall–Kier alpha value is -4.02. The molecule has 0 saturated heterocycles. The predicted octanol–water partition coefficient (Wildman–Crippen LogP) is 4.51. The first kappa shape index (κ1) is 23.1. The van der Waals surface area contributed by atoms with Crippen molar-refractivity contribution in [3.63, 3.8) is 0 Å². The predicted molar refractivity (Wildman–Crippen MR) is 109 cm³/mol. The van der Waals surface area contributed by atoms with Gasteiger partial charge in [0.2, 0.25) is 5.88 Å². The zero-order chi connectivity index (χ0) is 24.6. The third-order valence-electron chi connectivity index (χ3n) is 5.14. The van der Waals surface area contributed by atoms with Gasteiger partial charge in [0, 0.05) is 19.3 Å². The van der Waals surface area contributed by atoms with E-state index in [1.54, 1.807) is 6.07 Å². The average Bonchev–Trinajstić information content (AvgIpc) is 3.05. The lowest BCUT2D eigenvalue weighted by molar-refractivity contribution is -0.127. The summed E-state index contributed by atoms with van der Waals surface area (Å²) in [4.78, 5) is 29.5. The highest BCUT2D eigenvalue weighted by atomic mass is 19.4. The van der Waals surface area contributed by atoms with Crippen molar-refractivity contribution in [1.82, 2.24) is 9.88 Å². The highest BCUT2D eigenvalue weighted by Gasteiger charge is 2.33. The summed E-state index contributed by atoms with van der Waals surface area (Å²) in [5.41, 5.74) is 5.54.